The number of benzene rings is 1. The van der Waals surface area contributed by atoms with Gasteiger partial charge in [0.2, 0.25) is 0 Å². The van der Waals surface area contributed by atoms with Gasteiger partial charge in [0.25, 0.3) is 0 Å². The molecule has 0 fully saturated rings. The van der Waals surface area contributed by atoms with E-state index in [2.05, 4.69) is 32.9 Å². The third-order valence-corrected chi connectivity index (χ3v) is 2.54. The molecule has 2 N–H and O–H groups in total. The van der Waals surface area contributed by atoms with Crippen LogP contribution in [-0.4, -0.2) is 26.4 Å². The smallest absolute Gasteiger partial charge is 0.119 e. The molecule has 0 saturated carbocycles. The molecule has 0 aromatic heterocycles. The molecule has 0 bridgehead atoms. The SMILES string of the molecule is COCC(N)COc1cccc(C(C)(C)C)c1. The average Bonchev–Trinajstić information content (AvgIpc) is 2.26. The van der Waals surface area contributed by atoms with Gasteiger partial charge in [0.1, 0.15) is 12.4 Å². The molecule has 0 aliphatic heterocycles. The Hall–Kier alpha value is -1.06. The summed E-state index contributed by atoms with van der Waals surface area (Å²) in [6.45, 7) is 7.54. The third-order valence-electron chi connectivity index (χ3n) is 2.54. The molecule has 0 saturated heterocycles. The third kappa shape index (κ3) is 4.75. The van der Waals surface area contributed by atoms with Crippen LogP contribution in [0.3, 0.4) is 0 Å². The van der Waals surface area contributed by atoms with E-state index in [9.17, 15) is 0 Å². The molecule has 96 valence electrons. The monoisotopic (exact) mass is 237 g/mol. The van der Waals surface area contributed by atoms with Crippen LogP contribution < -0.4 is 10.5 Å². The second kappa shape index (κ2) is 6.03. The molecule has 1 aromatic rings. The van der Waals surface area contributed by atoms with Gasteiger partial charge in [-0.3, -0.25) is 0 Å². The van der Waals surface area contributed by atoms with E-state index < -0.39 is 0 Å². The highest BCUT2D eigenvalue weighted by Gasteiger charge is 2.14. The summed E-state index contributed by atoms with van der Waals surface area (Å²) in [5, 5.41) is 0. The largest absolute Gasteiger partial charge is 0.492 e. The second-order valence-corrected chi connectivity index (χ2v) is 5.30. The lowest BCUT2D eigenvalue weighted by Crippen LogP contribution is -2.32. The molecule has 0 amide bonds. The van der Waals surface area contributed by atoms with Gasteiger partial charge in [0, 0.05) is 7.11 Å². The zero-order valence-corrected chi connectivity index (χ0v) is 11.2. The zero-order chi connectivity index (χ0) is 12.9. The van der Waals surface area contributed by atoms with Crippen molar-refractivity contribution in [2.24, 2.45) is 5.73 Å². The number of rotatable bonds is 5. The van der Waals surface area contributed by atoms with E-state index in [0.717, 1.165) is 5.75 Å². The van der Waals surface area contributed by atoms with Crippen molar-refractivity contribution in [1.29, 1.82) is 0 Å². The van der Waals surface area contributed by atoms with Crippen LogP contribution in [0, 0.1) is 0 Å². The Morgan fingerprint density at radius 3 is 2.53 bits per heavy atom. The van der Waals surface area contributed by atoms with Crippen molar-refractivity contribution in [3.05, 3.63) is 29.8 Å². The first-order chi connectivity index (χ1) is 7.93. The molecule has 17 heavy (non-hydrogen) atoms. The van der Waals surface area contributed by atoms with Gasteiger partial charge in [-0.1, -0.05) is 32.9 Å². The van der Waals surface area contributed by atoms with Crippen LogP contribution in [0.25, 0.3) is 0 Å². The van der Waals surface area contributed by atoms with Crippen LogP contribution in [0.5, 0.6) is 5.75 Å². The highest BCUT2D eigenvalue weighted by molar-refractivity contribution is 5.32. The Morgan fingerprint density at radius 2 is 1.94 bits per heavy atom. The minimum Gasteiger partial charge on any atom is -0.492 e. The van der Waals surface area contributed by atoms with Crippen LogP contribution >= 0.6 is 0 Å². The Labute approximate surface area is 104 Å². The maximum absolute atomic E-state index is 5.81. The van der Waals surface area contributed by atoms with E-state index in [1.165, 1.54) is 5.56 Å². The minimum atomic E-state index is -0.0849. The molecular formula is C14H23NO2. The highest BCUT2D eigenvalue weighted by atomic mass is 16.5. The van der Waals surface area contributed by atoms with E-state index in [0.29, 0.717) is 13.2 Å². The van der Waals surface area contributed by atoms with Crippen molar-refractivity contribution >= 4 is 0 Å². The van der Waals surface area contributed by atoms with Gasteiger partial charge in [0.05, 0.1) is 12.6 Å². The molecule has 1 aromatic carbocycles. The molecule has 1 unspecified atom stereocenters. The summed E-state index contributed by atoms with van der Waals surface area (Å²) < 4.78 is 10.6. The summed E-state index contributed by atoms with van der Waals surface area (Å²) in [4.78, 5) is 0. The molecule has 0 radical (unpaired) electrons. The van der Waals surface area contributed by atoms with Crippen LogP contribution in [-0.2, 0) is 10.2 Å². The maximum atomic E-state index is 5.81. The van der Waals surface area contributed by atoms with Gasteiger partial charge >= 0.3 is 0 Å². The molecule has 0 heterocycles. The van der Waals surface area contributed by atoms with Crippen molar-refractivity contribution in [1.82, 2.24) is 0 Å². The summed E-state index contributed by atoms with van der Waals surface area (Å²) in [5.74, 6) is 0.865. The fourth-order valence-corrected chi connectivity index (χ4v) is 1.52. The molecule has 0 aliphatic rings. The summed E-state index contributed by atoms with van der Waals surface area (Å²) in [6, 6.07) is 8.06. The van der Waals surface area contributed by atoms with E-state index in [4.69, 9.17) is 15.2 Å². The maximum Gasteiger partial charge on any atom is 0.119 e. The number of nitrogens with two attached hydrogens (primary N) is 1. The molecule has 3 nitrogen and oxygen atoms in total. The predicted octanol–water partition coefficient (Wildman–Crippen LogP) is 2.34. The van der Waals surface area contributed by atoms with Crippen LogP contribution in [0.4, 0.5) is 0 Å². The molecule has 0 spiro atoms. The zero-order valence-electron chi connectivity index (χ0n) is 11.2. The molecule has 3 heteroatoms. The van der Waals surface area contributed by atoms with Crippen molar-refractivity contribution < 1.29 is 9.47 Å². The van der Waals surface area contributed by atoms with Crippen molar-refractivity contribution in [3.8, 4) is 5.75 Å². The van der Waals surface area contributed by atoms with Gasteiger partial charge in [-0.15, -0.1) is 0 Å². The standard InChI is InChI=1S/C14H23NO2/c1-14(2,3)11-6-5-7-13(8-11)17-10-12(15)9-16-4/h5-8,12H,9-10,15H2,1-4H3. The Morgan fingerprint density at radius 1 is 1.24 bits per heavy atom. The molecule has 1 atom stereocenters. The summed E-state index contributed by atoms with van der Waals surface area (Å²) in [6.07, 6.45) is 0. The predicted molar refractivity (Wildman–Crippen MR) is 70.5 cm³/mol. The topological polar surface area (TPSA) is 44.5 Å². The van der Waals surface area contributed by atoms with Gasteiger partial charge in [0.15, 0.2) is 0 Å². The van der Waals surface area contributed by atoms with Gasteiger partial charge in [-0.2, -0.15) is 0 Å². The first-order valence-corrected chi connectivity index (χ1v) is 5.91. The van der Waals surface area contributed by atoms with E-state index in [1.54, 1.807) is 7.11 Å². The van der Waals surface area contributed by atoms with Crippen LogP contribution in [0.1, 0.15) is 26.3 Å². The normalized spacial score (nSPS) is 13.5. The fraction of sp³-hybridized carbons (Fsp3) is 0.571. The molecule has 1 rings (SSSR count). The summed E-state index contributed by atoms with van der Waals surface area (Å²) in [7, 11) is 1.64. The highest BCUT2D eigenvalue weighted by Crippen LogP contribution is 2.25. The number of hydrogen-bond donors (Lipinski definition) is 1. The average molecular weight is 237 g/mol. The summed E-state index contributed by atoms with van der Waals surface area (Å²) >= 11 is 0. The van der Waals surface area contributed by atoms with Gasteiger partial charge in [-0.25, -0.2) is 0 Å². The first kappa shape index (κ1) is 14.0. The lowest BCUT2D eigenvalue weighted by molar-refractivity contribution is 0.152. The Bertz CT molecular complexity index is 344. The van der Waals surface area contributed by atoms with Gasteiger partial charge < -0.3 is 15.2 Å². The van der Waals surface area contributed by atoms with Crippen LogP contribution in [0.15, 0.2) is 24.3 Å². The van der Waals surface area contributed by atoms with Crippen molar-refractivity contribution in [3.63, 3.8) is 0 Å². The quantitative estimate of drug-likeness (QED) is 0.855. The van der Waals surface area contributed by atoms with Crippen molar-refractivity contribution in [2.45, 2.75) is 32.2 Å². The van der Waals surface area contributed by atoms with Crippen molar-refractivity contribution in [2.75, 3.05) is 20.3 Å². The van der Waals surface area contributed by atoms with E-state index >= 15 is 0 Å². The van der Waals surface area contributed by atoms with E-state index in [1.807, 2.05) is 12.1 Å². The van der Waals surface area contributed by atoms with E-state index in [-0.39, 0.29) is 11.5 Å². The van der Waals surface area contributed by atoms with Crippen LogP contribution in [0.2, 0.25) is 0 Å². The summed E-state index contributed by atoms with van der Waals surface area (Å²) in [5.41, 5.74) is 7.20. The second-order valence-electron chi connectivity index (χ2n) is 5.30. The van der Waals surface area contributed by atoms with Gasteiger partial charge in [-0.05, 0) is 23.1 Å². The number of ether oxygens (including phenoxy) is 2. The fourth-order valence-electron chi connectivity index (χ4n) is 1.52. The lowest BCUT2D eigenvalue weighted by Gasteiger charge is -2.20. The number of methoxy groups -OCH3 is 1. The Kier molecular flexibility index (Phi) is 4.97. The Balaban J connectivity index is 2.60. The first-order valence-electron chi connectivity index (χ1n) is 5.91. The molecular weight excluding hydrogens is 214 g/mol. The molecule has 0 aliphatic carbocycles. The lowest BCUT2D eigenvalue weighted by atomic mass is 9.87. The minimum absolute atomic E-state index is 0.0849. The number of hydrogen-bond acceptors (Lipinski definition) is 3.